The van der Waals surface area contributed by atoms with Gasteiger partial charge in [-0.2, -0.15) is 13.1 Å². The van der Waals surface area contributed by atoms with Gasteiger partial charge < -0.3 is 20.1 Å². The molecule has 1 aromatic heterocycles. The van der Waals surface area contributed by atoms with Crippen LogP contribution in [-0.2, 0) is 17.3 Å². The van der Waals surface area contributed by atoms with Crippen molar-refractivity contribution in [3.63, 3.8) is 0 Å². The molecule has 1 heterocycles. The molecule has 228 valence electrons. The zero-order valence-corrected chi connectivity index (χ0v) is 27.2. The number of aliphatic hydroxyl groups excluding tert-OH is 1. The quantitative estimate of drug-likeness (QED) is 0.131. The fraction of sp³-hybridized carbons (Fsp3) is 0.370. The molecule has 11 nitrogen and oxygen atoms in total. The van der Waals surface area contributed by atoms with Gasteiger partial charge in [-0.25, -0.2) is 4.39 Å². The van der Waals surface area contributed by atoms with E-state index >= 15 is 0 Å². The number of likely N-dealkylation sites (N-methyl/N-ethyl adjacent to an activating group) is 1. The molecular formula is C27H33ClFIN6O5S. The average Bonchev–Trinajstić information content (AvgIpc) is 3.72. The van der Waals surface area contributed by atoms with Gasteiger partial charge in [-0.3, -0.25) is 19.4 Å². The number of nitrogens with zero attached hydrogens (tertiary/aromatic N) is 2. The lowest BCUT2D eigenvalue weighted by atomic mass is 10.1. The molecule has 0 spiro atoms. The molecule has 1 atom stereocenters. The number of aromatic nitrogens is 1. The van der Waals surface area contributed by atoms with Gasteiger partial charge in [0, 0.05) is 29.7 Å². The summed E-state index contributed by atoms with van der Waals surface area (Å²) in [5.74, 6) is -0.402. The number of benzene rings is 2. The highest BCUT2D eigenvalue weighted by Gasteiger charge is 2.31. The van der Waals surface area contributed by atoms with Gasteiger partial charge in [0.25, 0.3) is 15.8 Å². The second-order valence-electron chi connectivity index (χ2n) is 10.2. The monoisotopic (exact) mass is 734 g/mol. The molecule has 1 unspecified atom stereocenters. The summed E-state index contributed by atoms with van der Waals surface area (Å²) in [6.07, 6.45) is 0.431. The van der Waals surface area contributed by atoms with E-state index in [9.17, 15) is 22.7 Å². The van der Waals surface area contributed by atoms with E-state index in [0.29, 0.717) is 10.1 Å². The highest BCUT2D eigenvalue weighted by atomic mass is 127. The number of anilines is 3. The zero-order valence-electron chi connectivity index (χ0n) is 23.5. The highest BCUT2D eigenvalue weighted by Crippen LogP contribution is 2.42. The Hall–Kier alpha value is -2.47. The number of rotatable bonds is 13. The van der Waals surface area contributed by atoms with Crippen LogP contribution in [0.5, 0.6) is 11.5 Å². The second kappa shape index (κ2) is 13.4. The Morgan fingerprint density at radius 1 is 1.24 bits per heavy atom. The maximum atomic E-state index is 14.9. The SMILES string of the molecule is Cc1c(Oc2cccc(NS(=O)(=O)NCCN(C)C)c2Cl)c(C(O)NC2CC2)c(Nc2ccc(I)cc2F)n(C)c1=O. The minimum atomic E-state index is -3.96. The van der Waals surface area contributed by atoms with E-state index in [1.165, 1.54) is 48.9 Å². The molecule has 3 aromatic rings. The molecule has 5 N–H and O–H groups in total. The molecule has 1 aliphatic carbocycles. The van der Waals surface area contributed by atoms with Crippen LogP contribution in [-0.4, -0.2) is 56.2 Å². The van der Waals surface area contributed by atoms with Crippen LogP contribution in [0.15, 0.2) is 41.2 Å². The minimum Gasteiger partial charge on any atom is -0.455 e. The summed E-state index contributed by atoms with van der Waals surface area (Å²) in [7, 11) is 1.19. The van der Waals surface area contributed by atoms with Crippen molar-refractivity contribution in [1.29, 1.82) is 0 Å². The smallest absolute Gasteiger partial charge is 0.299 e. The molecule has 1 aliphatic rings. The Bertz CT molecular complexity index is 1630. The summed E-state index contributed by atoms with van der Waals surface area (Å²) >= 11 is 8.58. The predicted molar refractivity (Wildman–Crippen MR) is 171 cm³/mol. The molecule has 0 radical (unpaired) electrons. The van der Waals surface area contributed by atoms with Crippen molar-refractivity contribution in [1.82, 2.24) is 19.5 Å². The van der Waals surface area contributed by atoms with E-state index in [1.54, 1.807) is 6.07 Å². The third kappa shape index (κ3) is 7.92. The summed E-state index contributed by atoms with van der Waals surface area (Å²) in [6.45, 7) is 2.20. The van der Waals surface area contributed by atoms with E-state index in [4.69, 9.17) is 16.3 Å². The van der Waals surface area contributed by atoms with Gasteiger partial charge in [-0.05, 0) is 86.8 Å². The topological polar surface area (TPSA) is 137 Å². The van der Waals surface area contributed by atoms with Gasteiger partial charge in [-0.1, -0.05) is 17.7 Å². The summed E-state index contributed by atoms with van der Waals surface area (Å²) in [5, 5.41) is 17.3. The molecule has 0 saturated heterocycles. The van der Waals surface area contributed by atoms with E-state index in [1.807, 2.05) is 41.6 Å². The molecule has 15 heteroatoms. The Morgan fingerprint density at radius 2 is 1.95 bits per heavy atom. The van der Waals surface area contributed by atoms with Crippen LogP contribution < -0.4 is 30.4 Å². The van der Waals surface area contributed by atoms with Gasteiger partial charge in [-0.15, -0.1) is 0 Å². The van der Waals surface area contributed by atoms with Gasteiger partial charge in [0.1, 0.15) is 34.4 Å². The van der Waals surface area contributed by atoms with E-state index in [2.05, 4.69) is 20.1 Å². The van der Waals surface area contributed by atoms with Crippen molar-refractivity contribution >= 4 is 61.6 Å². The van der Waals surface area contributed by atoms with Crippen LogP contribution in [0.3, 0.4) is 0 Å². The Labute approximate surface area is 262 Å². The van der Waals surface area contributed by atoms with Crippen LogP contribution in [0.25, 0.3) is 0 Å². The van der Waals surface area contributed by atoms with Gasteiger partial charge in [0.05, 0.1) is 22.5 Å². The maximum Gasteiger partial charge on any atom is 0.299 e. The van der Waals surface area contributed by atoms with Gasteiger partial charge in [0.15, 0.2) is 0 Å². The van der Waals surface area contributed by atoms with Crippen molar-refractivity contribution in [3.8, 4) is 11.5 Å². The van der Waals surface area contributed by atoms with Crippen molar-refractivity contribution < 1.29 is 22.7 Å². The first-order chi connectivity index (χ1) is 19.8. The normalized spacial score (nSPS) is 14.2. The predicted octanol–water partition coefficient (Wildman–Crippen LogP) is 4.18. The third-order valence-electron chi connectivity index (χ3n) is 6.50. The Morgan fingerprint density at radius 3 is 2.60 bits per heavy atom. The number of pyridine rings is 1. The number of aliphatic hydroxyl groups is 1. The fourth-order valence-electron chi connectivity index (χ4n) is 4.11. The number of nitrogens with one attached hydrogen (secondary N) is 4. The standard InChI is InChI=1S/C27H33ClFIN6O5S/c1-15-24(41-21-7-5-6-20(23(21)28)34-42(39,40)31-12-13-35(2)3)22(26(37)32-17-9-10-17)25(36(4)27(15)38)33-19-11-8-16(30)14-18(19)29/h5-8,11,14,17,26,31-34,37H,9-10,12-13H2,1-4H3. The van der Waals surface area contributed by atoms with E-state index in [0.717, 1.165) is 12.8 Å². The summed E-state index contributed by atoms with van der Waals surface area (Å²) in [5.41, 5.74) is -0.00212. The molecule has 2 aromatic carbocycles. The Balaban J connectivity index is 1.76. The highest BCUT2D eigenvalue weighted by molar-refractivity contribution is 14.1. The molecule has 4 rings (SSSR count). The lowest BCUT2D eigenvalue weighted by Crippen LogP contribution is -2.35. The minimum absolute atomic E-state index is 0.00168. The summed E-state index contributed by atoms with van der Waals surface area (Å²) in [4.78, 5) is 15.2. The molecule has 0 amide bonds. The van der Waals surface area contributed by atoms with Crippen LogP contribution in [0.1, 0.15) is 30.2 Å². The molecule has 1 fully saturated rings. The van der Waals surface area contributed by atoms with Crippen LogP contribution in [0.2, 0.25) is 5.02 Å². The Kier molecular flexibility index (Phi) is 10.4. The van der Waals surface area contributed by atoms with Gasteiger partial charge in [0.2, 0.25) is 0 Å². The van der Waals surface area contributed by atoms with Gasteiger partial charge >= 0.3 is 0 Å². The van der Waals surface area contributed by atoms with Crippen molar-refractivity contribution in [2.75, 3.05) is 37.2 Å². The lowest BCUT2D eigenvalue weighted by Gasteiger charge is -2.25. The largest absolute Gasteiger partial charge is 0.455 e. The van der Waals surface area contributed by atoms with E-state index in [-0.39, 0.29) is 57.4 Å². The number of hydrogen-bond donors (Lipinski definition) is 5. The maximum absolute atomic E-state index is 14.9. The third-order valence-corrected chi connectivity index (χ3v) is 8.63. The van der Waals surface area contributed by atoms with Crippen molar-refractivity contribution in [2.45, 2.75) is 32.0 Å². The molecular weight excluding hydrogens is 702 g/mol. The fourth-order valence-corrected chi connectivity index (χ4v) is 5.73. The summed E-state index contributed by atoms with van der Waals surface area (Å²) in [6, 6.07) is 9.15. The number of halogens is 3. The number of ether oxygens (including phenoxy) is 1. The summed E-state index contributed by atoms with van der Waals surface area (Å²) < 4.78 is 53.0. The zero-order chi connectivity index (χ0) is 30.8. The second-order valence-corrected chi connectivity index (χ2v) is 13.3. The molecule has 42 heavy (non-hydrogen) atoms. The van der Waals surface area contributed by atoms with Crippen molar-refractivity contribution in [3.05, 3.63) is 72.3 Å². The molecule has 0 aliphatic heterocycles. The van der Waals surface area contributed by atoms with E-state index < -0.39 is 27.8 Å². The van der Waals surface area contributed by atoms with Crippen LogP contribution >= 0.6 is 34.2 Å². The average molecular weight is 735 g/mol. The first-order valence-corrected chi connectivity index (χ1v) is 16.0. The van der Waals surface area contributed by atoms with Crippen LogP contribution in [0, 0.1) is 16.3 Å². The lowest BCUT2D eigenvalue weighted by molar-refractivity contribution is 0.134. The molecule has 1 saturated carbocycles. The van der Waals surface area contributed by atoms with Crippen LogP contribution in [0.4, 0.5) is 21.6 Å². The van der Waals surface area contributed by atoms with Crippen molar-refractivity contribution in [2.24, 2.45) is 7.05 Å². The molecule has 0 bridgehead atoms. The number of hydrogen-bond acceptors (Lipinski definition) is 8. The first kappa shape index (κ1) is 32.4. The first-order valence-electron chi connectivity index (χ1n) is 13.1.